The van der Waals surface area contributed by atoms with Gasteiger partial charge in [-0.25, -0.2) is 9.37 Å². The molecule has 3 heterocycles. The maximum absolute atomic E-state index is 14.1. The molecule has 0 bridgehead atoms. The number of nitrogens with zero attached hydrogens (tertiary/aromatic N) is 5. The number of hydrogen-bond acceptors (Lipinski definition) is 5. The Morgan fingerprint density at radius 2 is 1.81 bits per heavy atom. The molecule has 144 valence electrons. The number of rotatable bonds is 4. The standard InChI is InChI=1S/C14H8ClF6N5O/c1-6(14(19,20)21)27-11-8(16)2-7(3-23-11)9-5-26-10(4-22-9)24-25-12(26)13(15,17)18/h2-6H,1H3/t6-/m0/s1. The Morgan fingerprint density at radius 1 is 1.11 bits per heavy atom. The molecule has 6 nitrogen and oxygen atoms in total. The summed E-state index contributed by atoms with van der Waals surface area (Å²) in [7, 11) is 0. The van der Waals surface area contributed by atoms with Gasteiger partial charge in [-0.2, -0.15) is 22.0 Å². The summed E-state index contributed by atoms with van der Waals surface area (Å²) in [6.45, 7) is 0.699. The first-order valence-corrected chi connectivity index (χ1v) is 7.52. The zero-order valence-corrected chi connectivity index (χ0v) is 13.9. The Hall–Kier alpha value is -2.63. The first-order chi connectivity index (χ1) is 12.5. The highest BCUT2D eigenvalue weighted by atomic mass is 35.5. The van der Waals surface area contributed by atoms with Crippen molar-refractivity contribution in [1.29, 1.82) is 0 Å². The Labute approximate surface area is 151 Å². The summed E-state index contributed by atoms with van der Waals surface area (Å²) in [6.07, 6.45) is -3.83. The fourth-order valence-electron chi connectivity index (χ4n) is 2.03. The molecule has 13 heteroatoms. The van der Waals surface area contributed by atoms with E-state index in [1.807, 2.05) is 0 Å². The lowest BCUT2D eigenvalue weighted by molar-refractivity contribution is -0.190. The molecule has 0 aromatic carbocycles. The van der Waals surface area contributed by atoms with Crippen LogP contribution in [0.3, 0.4) is 0 Å². The van der Waals surface area contributed by atoms with Gasteiger partial charge in [0.25, 0.3) is 5.88 Å². The van der Waals surface area contributed by atoms with Gasteiger partial charge in [-0.05, 0) is 24.6 Å². The first-order valence-electron chi connectivity index (χ1n) is 7.14. The number of alkyl halides is 6. The van der Waals surface area contributed by atoms with Gasteiger partial charge in [-0.3, -0.25) is 9.38 Å². The van der Waals surface area contributed by atoms with Crippen LogP contribution in [0.4, 0.5) is 26.3 Å². The van der Waals surface area contributed by atoms with E-state index in [9.17, 15) is 26.3 Å². The first kappa shape index (κ1) is 19.1. The topological polar surface area (TPSA) is 65.2 Å². The van der Waals surface area contributed by atoms with Gasteiger partial charge in [-0.15, -0.1) is 10.2 Å². The largest absolute Gasteiger partial charge is 0.463 e. The monoisotopic (exact) mass is 411 g/mol. The highest BCUT2D eigenvalue weighted by Crippen LogP contribution is 2.32. The Balaban J connectivity index is 1.96. The van der Waals surface area contributed by atoms with E-state index in [1.165, 1.54) is 0 Å². The summed E-state index contributed by atoms with van der Waals surface area (Å²) >= 11 is 4.95. The van der Waals surface area contributed by atoms with Crippen LogP contribution in [0.25, 0.3) is 16.9 Å². The van der Waals surface area contributed by atoms with E-state index in [0.717, 1.165) is 29.1 Å². The van der Waals surface area contributed by atoms with Crippen LogP contribution in [0.1, 0.15) is 12.7 Å². The van der Waals surface area contributed by atoms with Gasteiger partial charge in [0, 0.05) is 18.0 Å². The summed E-state index contributed by atoms with van der Waals surface area (Å²) in [6, 6.07) is 0.808. The van der Waals surface area contributed by atoms with Crippen LogP contribution in [0.15, 0.2) is 24.7 Å². The van der Waals surface area contributed by atoms with Gasteiger partial charge >= 0.3 is 11.6 Å². The lowest BCUT2D eigenvalue weighted by atomic mass is 10.2. The van der Waals surface area contributed by atoms with Gasteiger partial charge in [0.15, 0.2) is 17.6 Å². The second-order valence-electron chi connectivity index (χ2n) is 5.33. The van der Waals surface area contributed by atoms with Crippen LogP contribution in [0, 0.1) is 5.82 Å². The Bertz CT molecular complexity index is 986. The van der Waals surface area contributed by atoms with E-state index < -0.39 is 35.2 Å². The van der Waals surface area contributed by atoms with Crippen LogP contribution in [0.5, 0.6) is 5.88 Å². The molecule has 0 aliphatic carbocycles. The predicted octanol–water partition coefficient (Wildman–Crippen LogP) is 3.94. The summed E-state index contributed by atoms with van der Waals surface area (Å²) in [5.41, 5.74) is -0.0632. The second kappa shape index (κ2) is 6.51. The van der Waals surface area contributed by atoms with Crippen LogP contribution in [-0.2, 0) is 5.38 Å². The molecule has 0 N–H and O–H groups in total. The van der Waals surface area contributed by atoms with E-state index in [1.54, 1.807) is 0 Å². The number of hydrogen-bond donors (Lipinski definition) is 0. The zero-order valence-electron chi connectivity index (χ0n) is 13.2. The van der Waals surface area contributed by atoms with Crippen molar-refractivity contribution in [2.45, 2.75) is 24.6 Å². The van der Waals surface area contributed by atoms with Crippen molar-refractivity contribution in [3.63, 3.8) is 0 Å². The fourth-order valence-corrected chi connectivity index (χ4v) is 2.16. The van der Waals surface area contributed by atoms with Crippen molar-refractivity contribution in [1.82, 2.24) is 24.6 Å². The summed E-state index contributed by atoms with van der Waals surface area (Å²) in [4.78, 5) is 7.40. The molecule has 0 unspecified atom stereocenters. The van der Waals surface area contributed by atoms with Crippen LogP contribution < -0.4 is 4.74 Å². The van der Waals surface area contributed by atoms with Crippen molar-refractivity contribution < 1.29 is 31.1 Å². The predicted molar refractivity (Wildman–Crippen MR) is 79.9 cm³/mol. The minimum absolute atomic E-state index is 0.000972. The van der Waals surface area contributed by atoms with Crippen molar-refractivity contribution in [2.24, 2.45) is 0 Å². The lowest BCUT2D eigenvalue weighted by Gasteiger charge is -2.17. The summed E-state index contributed by atoms with van der Waals surface area (Å²) in [5.74, 6) is -2.92. The molecule has 0 radical (unpaired) electrons. The molecule has 0 fully saturated rings. The zero-order chi connectivity index (χ0) is 20.0. The second-order valence-corrected chi connectivity index (χ2v) is 5.81. The van der Waals surface area contributed by atoms with Crippen molar-refractivity contribution in [3.05, 3.63) is 36.3 Å². The molecule has 0 aliphatic heterocycles. The molecule has 3 aromatic rings. The SMILES string of the molecule is C[C@H](Oc1ncc(-c2cn3c(C(F)(F)Cl)nnc3cn2)cc1F)C(F)(F)F. The van der Waals surface area contributed by atoms with Crippen LogP contribution in [-0.4, -0.2) is 36.8 Å². The maximum Gasteiger partial charge on any atom is 0.425 e. The van der Waals surface area contributed by atoms with E-state index in [-0.39, 0.29) is 16.9 Å². The van der Waals surface area contributed by atoms with Crippen molar-refractivity contribution >= 4 is 17.2 Å². The van der Waals surface area contributed by atoms with E-state index in [4.69, 9.17) is 11.6 Å². The van der Waals surface area contributed by atoms with E-state index >= 15 is 0 Å². The van der Waals surface area contributed by atoms with Gasteiger partial charge in [0.05, 0.1) is 11.9 Å². The number of aromatic nitrogens is 5. The van der Waals surface area contributed by atoms with Gasteiger partial charge in [0.2, 0.25) is 5.82 Å². The third kappa shape index (κ3) is 3.89. The van der Waals surface area contributed by atoms with E-state index in [0.29, 0.717) is 6.92 Å². The smallest absolute Gasteiger partial charge is 0.425 e. The number of ether oxygens (including phenoxy) is 1. The molecule has 0 saturated carbocycles. The molecule has 1 atom stereocenters. The number of fused-ring (bicyclic) bond motifs is 1. The maximum atomic E-state index is 14.1. The Morgan fingerprint density at radius 3 is 2.41 bits per heavy atom. The van der Waals surface area contributed by atoms with Crippen molar-refractivity contribution in [3.8, 4) is 17.1 Å². The van der Waals surface area contributed by atoms with Gasteiger partial charge < -0.3 is 4.74 Å². The molecule has 0 spiro atoms. The summed E-state index contributed by atoms with van der Waals surface area (Å²) in [5, 5.41) is 2.93. The number of pyridine rings is 1. The third-order valence-electron chi connectivity index (χ3n) is 3.40. The summed E-state index contributed by atoms with van der Waals surface area (Å²) < 4.78 is 83.5. The van der Waals surface area contributed by atoms with Gasteiger partial charge in [-0.1, -0.05) is 0 Å². The molecule has 0 aliphatic rings. The highest BCUT2D eigenvalue weighted by molar-refractivity contribution is 6.21. The molecule has 27 heavy (non-hydrogen) atoms. The number of halogens is 7. The fraction of sp³-hybridized carbons (Fsp3) is 0.286. The minimum atomic E-state index is -4.70. The molecular formula is C14H8ClF6N5O. The quantitative estimate of drug-likeness (QED) is 0.480. The highest BCUT2D eigenvalue weighted by Gasteiger charge is 2.39. The van der Waals surface area contributed by atoms with E-state index in [2.05, 4.69) is 24.9 Å². The molecule has 3 aromatic heterocycles. The third-order valence-corrected chi connectivity index (χ3v) is 3.57. The van der Waals surface area contributed by atoms with Crippen LogP contribution in [0.2, 0.25) is 0 Å². The molecular weight excluding hydrogens is 404 g/mol. The average Bonchev–Trinajstić information content (AvgIpc) is 2.99. The molecule has 0 amide bonds. The average molecular weight is 412 g/mol. The molecule has 0 saturated heterocycles. The lowest BCUT2D eigenvalue weighted by Crippen LogP contribution is -2.31. The van der Waals surface area contributed by atoms with Crippen molar-refractivity contribution in [2.75, 3.05) is 0 Å². The minimum Gasteiger partial charge on any atom is -0.463 e. The Kier molecular flexibility index (Phi) is 4.62. The molecule has 3 rings (SSSR count). The van der Waals surface area contributed by atoms with Gasteiger partial charge in [0.1, 0.15) is 0 Å². The van der Waals surface area contributed by atoms with Crippen LogP contribution >= 0.6 is 11.6 Å². The normalized spacial score (nSPS) is 13.8.